The third kappa shape index (κ3) is 8.25. The predicted octanol–water partition coefficient (Wildman–Crippen LogP) is 10.3. The summed E-state index contributed by atoms with van der Waals surface area (Å²) >= 11 is 0. The summed E-state index contributed by atoms with van der Waals surface area (Å²) in [6.07, 6.45) is 0. The summed E-state index contributed by atoms with van der Waals surface area (Å²) in [7, 11) is 3.33. The Hall–Kier alpha value is -6.54. The monoisotopic (exact) mass is 690 g/mol. The molecule has 0 aliphatic carbocycles. The first-order valence-electron chi connectivity index (χ1n) is 17.1. The molecule has 6 aromatic carbocycles. The van der Waals surface area contributed by atoms with E-state index in [2.05, 4.69) is 75.9 Å². The van der Waals surface area contributed by atoms with E-state index in [1.54, 1.807) is 38.5 Å². The number of nitrogens with one attached hydrogen (secondary N) is 2. The van der Waals surface area contributed by atoms with Crippen LogP contribution in [0.2, 0.25) is 0 Å². The van der Waals surface area contributed by atoms with Crippen molar-refractivity contribution in [2.75, 3.05) is 29.3 Å². The van der Waals surface area contributed by atoms with Crippen LogP contribution in [0.1, 0.15) is 40.1 Å². The van der Waals surface area contributed by atoms with Gasteiger partial charge in [-0.25, -0.2) is 0 Å². The molecule has 52 heavy (non-hydrogen) atoms. The molecular weight excluding hydrogens is 649 g/mol. The minimum absolute atomic E-state index is 0.0281. The number of ether oxygens (including phenoxy) is 2. The van der Waals surface area contributed by atoms with Gasteiger partial charge in [-0.1, -0.05) is 17.7 Å². The molecule has 0 aliphatic heterocycles. The molecule has 262 valence electrons. The molecule has 0 spiro atoms. The summed E-state index contributed by atoms with van der Waals surface area (Å²) in [5, 5.41) is 5.84. The largest absolute Gasteiger partial charge is 0.497 e. The van der Waals surface area contributed by atoms with Crippen LogP contribution in [0, 0.1) is 6.92 Å². The van der Waals surface area contributed by atoms with Gasteiger partial charge in [0.25, 0.3) is 11.8 Å². The second-order valence-corrected chi connectivity index (χ2v) is 12.6. The molecule has 0 heterocycles. The molecule has 0 aliphatic rings. The summed E-state index contributed by atoms with van der Waals surface area (Å²) in [4.78, 5) is 29.8. The number of nitrogens with zero attached hydrogens (tertiary/aromatic N) is 2. The highest BCUT2D eigenvalue weighted by Gasteiger charge is 2.17. The summed E-state index contributed by atoms with van der Waals surface area (Å²) in [6.45, 7) is 5.88. The molecule has 0 radical (unpaired) electrons. The van der Waals surface area contributed by atoms with E-state index < -0.39 is 0 Å². The van der Waals surface area contributed by atoms with Gasteiger partial charge in [0.05, 0.1) is 14.2 Å². The van der Waals surface area contributed by atoms with Gasteiger partial charge in [-0.2, -0.15) is 0 Å². The second-order valence-electron chi connectivity index (χ2n) is 12.6. The Morgan fingerprint density at radius 1 is 0.481 bits per heavy atom. The second kappa shape index (κ2) is 16.0. The van der Waals surface area contributed by atoms with Crippen molar-refractivity contribution in [1.82, 2.24) is 5.32 Å². The minimum Gasteiger partial charge on any atom is -0.497 e. The number of amides is 2. The number of hydrogen-bond acceptors (Lipinski definition) is 6. The molecule has 2 N–H and O–H groups in total. The van der Waals surface area contributed by atoms with Gasteiger partial charge in [0.2, 0.25) is 0 Å². The fourth-order valence-electron chi connectivity index (χ4n) is 5.82. The Morgan fingerprint density at radius 2 is 0.808 bits per heavy atom. The molecule has 8 nitrogen and oxygen atoms in total. The standard InChI is InChI=1S/C44H42N4O4/c1-30(2)45-43(49)32-8-10-33(11-9-32)44(50)46-34-12-16-36(17-13-34)47(35-14-6-31(3)7-15-35)37-18-20-38(21-19-37)48(39-22-26-41(51-4)27-23-39)40-24-28-42(52-5)29-25-40/h6-30H,1-5H3,(H,45,49)(H,46,50). The topological polar surface area (TPSA) is 83.1 Å². The van der Waals surface area contributed by atoms with Crippen molar-refractivity contribution in [2.45, 2.75) is 26.8 Å². The molecule has 0 atom stereocenters. The maximum absolute atomic E-state index is 13.1. The normalized spacial score (nSPS) is 10.7. The van der Waals surface area contributed by atoms with Gasteiger partial charge < -0.3 is 29.9 Å². The van der Waals surface area contributed by atoms with Crippen LogP contribution in [0.4, 0.5) is 39.8 Å². The fourth-order valence-corrected chi connectivity index (χ4v) is 5.82. The molecule has 0 saturated heterocycles. The van der Waals surface area contributed by atoms with Crippen molar-refractivity contribution in [2.24, 2.45) is 0 Å². The molecule has 0 unspecified atom stereocenters. The van der Waals surface area contributed by atoms with Gasteiger partial charge in [0.15, 0.2) is 0 Å². The lowest BCUT2D eigenvalue weighted by molar-refractivity contribution is 0.0941. The van der Waals surface area contributed by atoms with Crippen molar-refractivity contribution < 1.29 is 19.1 Å². The van der Waals surface area contributed by atoms with E-state index in [1.165, 1.54) is 5.56 Å². The minimum atomic E-state index is -0.257. The van der Waals surface area contributed by atoms with Crippen molar-refractivity contribution >= 4 is 51.6 Å². The summed E-state index contributed by atoms with van der Waals surface area (Å²) in [6, 6.07) is 47.2. The number of hydrogen-bond donors (Lipinski definition) is 2. The lowest BCUT2D eigenvalue weighted by Gasteiger charge is -2.28. The van der Waals surface area contributed by atoms with Crippen LogP contribution < -0.4 is 29.9 Å². The lowest BCUT2D eigenvalue weighted by Crippen LogP contribution is -2.30. The molecule has 2 amide bonds. The van der Waals surface area contributed by atoms with Gasteiger partial charge in [0, 0.05) is 57.0 Å². The Labute approximate surface area is 305 Å². The third-order valence-corrected chi connectivity index (χ3v) is 8.53. The molecule has 0 bridgehead atoms. The van der Waals surface area contributed by atoms with Gasteiger partial charge in [-0.15, -0.1) is 0 Å². The Bertz CT molecular complexity index is 2050. The zero-order chi connectivity index (χ0) is 36.6. The first kappa shape index (κ1) is 35.3. The van der Waals surface area contributed by atoms with Gasteiger partial charge in [-0.05, 0) is 154 Å². The molecule has 0 saturated carbocycles. The van der Waals surface area contributed by atoms with E-state index >= 15 is 0 Å². The average molecular weight is 691 g/mol. The molecule has 8 heteroatoms. The van der Waals surface area contributed by atoms with Gasteiger partial charge in [0.1, 0.15) is 11.5 Å². The number of benzene rings is 6. The SMILES string of the molecule is COc1ccc(N(c2ccc(OC)cc2)c2ccc(N(c3ccc(C)cc3)c3ccc(NC(=O)c4ccc(C(=O)NC(C)C)cc4)cc3)cc2)cc1. The quantitative estimate of drug-likeness (QED) is 0.133. The van der Waals surface area contributed by atoms with Crippen LogP contribution in [-0.4, -0.2) is 32.1 Å². The van der Waals surface area contributed by atoms with E-state index in [-0.39, 0.29) is 17.9 Å². The first-order chi connectivity index (χ1) is 25.2. The summed E-state index contributed by atoms with van der Waals surface area (Å²) in [5.41, 5.74) is 8.64. The van der Waals surface area contributed by atoms with E-state index in [0.29, 0.717) is 16.8 Å². The highest BCUT2D eigenvalue weighted by molar-refractivity contribution is 6.05. The van der Waals surface area contributed by atoms with Crippen molar-refractivity contribution in [1.29, 1.82) is 0 Å². The lowest BCUT2D eigenvalue weighted by atomic mass is 10.1. The number of aryl methyl sites for hydroxylation is 1. The molecule has 6 rings (SSSR count). The maximum Gasteiger partial charge on any atom is 0.255 e. The zero-order valence-corrected chi connectivity index (χ0v) is 30.0. The van der Waals surface area contributed by atoms with Crippen molar-refractivity contribution in [3.05, 3.63) is 162 Å². The Morgan fingerprint density at radius 3 is 1.17 bits per heavy atom. The zero-order valence-electron chi connectivity index (χ0n) is 30.0. The van der Waals surface area contributed by atoms with Crippen LogP contribution >= 0.6 is 0 Å². The summed E-state index contributed by atoms with van der Waals surface area (Å²) in [5.74, 6) is 1.15. The highest BCUT2D eigenvalue weighted by atomic mass is 16.5. The number of carbonyl (C=O) groups is 2. The Balaban J connectivity index is 1.27. The third-order valence-electron chi connectivity index (χ3n) is 8.53. The number of carbonyl (C=O) groups excluding carboxylic acids is 2. The number of rotatable bonds is 12. The average Bonchev–Trinajstić information content (AvgIpc) is 3.17. The van der Waals surface area contributed by atoms with Crippen LogP contribution in [0.15, 0.2) is 146 Å². The molecule has 6 aromatic rings. The van der Waals surface area contributed by atoms with Crippen LogP contribution in [-0.2, 0) is 0 Å². The Kier molecular flexibility index (Phi) is 10.9. The maximum atomic E-state index is 13.1. The predicted molar refractivity (Wildman–Crippen MR) is 211 cm³/mol. The fraction of sp³-hybridized carbons (Fsp3) is 0.136. The highest BCUT2D eigenvalue weighted by Crippen LogP contribution is 2.40. The van der Waals surface area contributed by atoms with Crippen LogP contribution in [0.25, 0.3) is 0 Å². The van der Waals surface area contributed by atoms with Gasteiger partial charge >= 0.3 is 0 Å². The summed E-state index contributed by atoms with van der Waals surface area (Å²) < 4.78 is 10.8. The molecular formula is C44H42N4O4. The van der Waals surface area contributed by atoms with E-state index in [4.69, 9.17) is 9.47 Å². The number of anilines is 7. The van der Waals surface area contributed by atoms with Gasteiger partial charge in [-0.3, -0.25) is 9.59 Å². The van der Waals surface area contributed by atoms with Crippen LogP contribution in [0.5, 0.6) is 11.5 Å². The van der Waals surface area contributed by atoms with E-state index in [9.17, 15) is 9.59 Å². The molecule has 0 aromatic heterocycles. The number of methoxy groups -OCH3 is 2. The van der Waals surface area contributed by atoms with E-state index in [1.807, 2.05) is 86.6 Å². The van der Waals surface area contributed by atoms with Crippen molar-refractivity contribution in [3.8, 4) is 11.5 Å². The molecule has 0 fully saturated rings. The van der Waals surface area contributed by atoms with Crippen molar-refractivity contribution in [3.63, 3.8) is 0 Å². The van der Waals surface area contributed by atoms with Crippen LogP contribution in [0.3, 0.4) is 0 Å². The smallest absolute Gasteiger partial charge is 0.255 e. The first-order valence-corrected chi connectivity index (χ1v) is 17.1. The van der Waals surface area contributed by atoms with E-state index in [0.717, 1.165) is 45.6 Å².